The maximum absolute atomic E-state index is 13.6. The SMILES string of the molecule is COc1ccc(NC(=O)c2cnn3c2N[C@@H](c2ccco2)C[C@H]3C(F)(F)F)cc1. The zero-order valence-corrected chi connectivity index (χ0v) is 15.2. The summed E-state index contributed by atoms with van der Waals surface area (Å²) in [5.41, 5.74) is 0.479. The van der Waals surface area contributed by atoms with Gasteiger partial charge in [0.05, 0.1) is 25.6 Å². The Bertz CT molecular complexity index is 997. The molecule has 2 N–H and O–H groups in total. The molecule has 2 aromatic heterocycles. The van der Waals surface area contributed by atoms with E-state index >= 15 is 0 Å². The zero-order chi connectivity index (χ0) is 20.6. The summed E-state index contributed by atoms with van der Waals surface area (Å²) in [6.45, 7) is 0. The van der Waals surface area contributed by atoms with Crippen LogP contribution in [0.1, 0.15) is 34.6 Å². The number of aromatic nitrogens is 2. The normalized spacial score (nSPS) is 18.6. The highest BCUT2D eigenvalue weighted by atomic mass is 19.4. The first-order chi connectivity index (χ1) is 13.9. The summed E-state index contributed by atoms with van der Waals surface area (Å²) in [4.78, 5) is 12.7. The van der Waals surface area contributed by atoms with Crippen LogP contribution >= 0.6 is 0 Å². The number of furan rings is 1. The Morgan fingerprint density at radius 3 is 2.69 bits per heavy atom. The molecule has 10 heteroatoms. The number of anilines is 2. The number of benzene rings is 1. The monoisotopic (exact) mass is 406 g/mol. The van der Waals surface area contributed by atoms with Crippen molar-refractivity contribution >= 4 is 17.4 Å². The number of fused-ring (bicyclic) bond motifs is 1. The third kappa shape index (κ3) is 3.65. The fraction of sp³-hybridized carbons (Fsp3) is 0.263. The Labute approximate surface area is 163 Å². The molecular formula is C19H17F3N4O3. The number of ether oxygens (including phenoxy) is 1. The minimum absolute atomic E-state index is 0.00586. The lowest BCUT2D eigenvalue weighted by Gasteiger charge is -2.32. The minimum atomic E-state index is -4.53. The van der Waals surface area contributed by atoms with E-state index in [-0.39, 0.29) is 17.8 Å². The molecule has 0 aliphatic carbocycles. The van der Waals surface area contributed by atoms with Crippen LogP contribution in [0.25, 0.3) is 0 Å². The number of carbonyl (C=O) groups excluding carboxylic acids is 1. The predicted octanol–water partition coefficient (Wildman–Crippen LogP) is 4.40. The standard InChI is InChI=1S/C19H17F3N4O3/c1-28-12-6-4-11(5-7-12)24-18(27)13-10-23-26-16(19(20,21)22)9-14(25-17(13)26)15-3-2-8-29-15/h2-8,10,14,16,25H,9H2,1H3,(H,24,27)/t14-,16+/m1/s1. The summed E-state index contributed by atoms with van der Waals surface area (Å²) in [6.07, 6.45) is -2.31. The number of hydrogen-bond donors (Lipinski definition) is 2. The summed E-state index contributed by atoms with van der Waals surface area (Å²) < 4.78 is 52.0. The molecule has 0 saturated heterocycles. The molecule has 0 bridgehead atoms. The zero-order valence-electron chi connectivity index (χ0n) is 15.2. The maximum Gasteiger partial charge on any atom is 0.410 e. The summed E-state index contributed by atoms with van der Waals surface area (Å²) in [5.74, 6) is 0.381. The van der Waals surface area contributed by atoms with E-state index in [4.69, 9.17) is 9.15 Å². The van der Waals surface area contributed by atoms with Crippen LogP contribution in [-0.2, 0) is 0 Å². The number of nitrogens with one attached hydrogen (secondary N) is 2. The van der Waals surface area contributed by atoms with Crippen LogP contribution in [0.2, 0.25) is 0 Å². The minimum Gasteiger partial charge on any atom is -0.497 e. The molecule has 1 aliphatic rings. The number of methoxy groups -OCH3 is 1. The molecule has 29 heavy (non-hydrogen) atoms. The highest BCUT2D eigenvalue weighted by molar-refractivity contribution is 6.07. The number of alkyl halides is 3. The molecule has 1 aromatic carbocycles. The summed E-state index contributed by atoms with van der Waals surface area (Å²) in [5, 5.41) is 9.45. The van der Waals surface area contributed by atoms with Gasteiger partial charge in [-0.05, 0) is 36.4 Å². The van der Waals surface area contributed by atoms with Gasteiger partial charge in [0.2, 0.25) is 0 Å². The van der Waals surface area contributed by atoms with Gasteiger partial charge in [-0.3, -0.25) is 4.79 Å². The second-order valence-corrected chi connectivity index (χ2v) is 6.54. The Hall–Kier alpha value is -3.43. The lowest BCUT2D eigenvalue weighted by atomic mass is 10.0. The average molecular weight is 406 g/mol. The van der Waals surface area contributed by atoms with E-state index in [0.717, 1.165) is 10.9 Å². The molecule has 0 spiro atoms. The van der Waals surface area contributed by atoms with Crippen molar-refractivity contribution in [2.75, 3.05) is 17.7 Å². The van der Waals surface area contributed by atoms with Gasteiger partial charge in [0, 0.05) is 12.1 Å². The molecule has 2 atom stereocenters. The molecule has 7 nitrogen and oxygen atoms in total. The van der Waals surface area contributed by atoms with Gasteiger partial charge in [0.15, 0.2) is 6.04 Å². The fourth-order valence-electron chi connectivity index (χ4n) is 3.28. The first-order valence-corrected chi connectivity index (χ1v) is 8.76. The number of nitrogens with zero attached hydrogens (tertiary/aromatic N) is 2. The Kier molecular flexibility index (Phi) is 4.69. The van der Waals surface area contributed by atoms with Crippen molar-refractivity contribution in [1.29, 1.82) is 0 Å². The summed E-state index contributed by atoms with van der Waals surface area (Å²) in [6, 6.07) is 7.15. The number of rotatable bonds is 4. The molecule has 3 aromatic rings. The lowest BCUT2D eigenvalue weighted by molar-refractivity contribution is -0.174. The number of amides is 1. The van der Waals surface area contributed by atoms with Crippen LogP contribution in [0.3, 0.4) is 0 Å². The van der Waals surface area contributed by atoms with E-state index < -0.39 is 24.2 Å². The highest BCUT2D eigenvalue weighted by Crippen LogP contribution is 2.44. The van der Waals surface area contributed by atoms with Crippen LogP contribution in [-0.4, -0.2) is 29.0 Å². The maximum atomic E-state index is 13.6. The molecule has 152 valence electrons. The van der Waals surface area contributed by atoms with Gasteiger partial charge in [0.1, 0.15) is 22.9 Å². The number of hydrogen-bond acceptors (Lipinski definition) is 5. The van der Waals surface area contributed by atoms with Gasteiger partial charge in [-0.2, -0.15) is 18.3 Å². The highest BCUT2D eigenvalue weighted by Gasteiger charge is 2.47. The van der Waals surface area contributed by atoms with Crippen LogP contribution in [0.4, 0.5) is 24.7 Å². The average Bonchev–Trinajstić information content (AvgIpc) is 3.37. The van der Waals surface area contributed by atoms with Crippen molar-refractivity contribution in [2.45, 2.75) is 24.7 Å². The van der Waals surface area contributed by atoms with E-state index in [9.17, 15) is 18.0 Å². The fourth-order valence-corrected chi connectivity index (χ4v) is 3.28. The molecule has 0 radical (unpaired) electrons. The van der Waals surface area contributed by atoms with E-state index in [2.05, 4.69) is 15.7 Å². The van der Waals surface area contributed by atoms with E-state index in [0.29, 0.717) is 17.2 Å². The molecule has 1 aliphatic heterocycles. The second-order valence-electron chi connectivity index (χ2n) is 6.54. The summed E-state index contributed by atoms with van der Waals surface area (Å²) >= 11 is 0. The molecular weight excluding hydrogens is 389 g/mol. The third-order valence-electron chi connectivity index (χ3n) is 4.72. The van der Waals surface area contributed by atoms with Crippen molar-refractivity contribution in [3.05, 3.63) is 60.2 Å². The van der Waals surface area contributed by atoms with Gasteiger partial charge in [-0.1, -0.05) is 0 Å². The smallest absolute Gasteiger partial charge is 0.410 e. The van der Waals surface area contributed by atoms with Gasteiger partial charge >= 0.3 is 6.18 Å². The van der Waals surface area contributed by atoms with Crippen LogP contribution in [0.15, 0.2) is 53.3 Å². The molecule has 0 saturated carbocycles. The summed E-state index contributed by atoms with van der Waals surface area (Å²) in [7, 11) is 1.52. The first-order valence-electron chi connectivity index (χ1n) is 8.76. The van der Waals surface area contributed by atoms with Crippen LogP contribution in [0.5, 0.6) is 5.75 Å². The molecule has 0 unspecified atom stereocenters. The predicted molar refractivity (Wildman–Crippen MR) is 98.0 cm³/mol. The lowest BCUT2D eigenvalue weighted by Crippen LogP contribution is -2.36. The molecule has 4 rings (SSSR count). The van der Waals surface area contributed by atoms with Crippen molar-refractivity contribution in [3.8, 4) is 5.75 Å². The Morgan fingerprint density at radius 1 is 1.31 bits per heavy atom. The second kappa shape index (κ2) is 7.19. The molecule has 3 heterocycles. The number of carbonyl (C=O) groups is 1. The van der Waals surface area contributed by atoms with Gasteiger partial charge in [-0.15, -0.1) is 0 Å². The van der Waals surface area contributed by atoms with Crippen molar-refractivity contribution in [1.82, 2.24) is 9.78 Å². The van der Waals surface area contributed by atoms with Crippen LogP contribution < -0.4 is 15.4 Å². The third-order valence-corrected chi connectivity index (χ3v) is 4.72. The van der Waals surface area contributed by atoms with Crippen molar-refractivity contribution in [2.24, 2.45) is 0 Å². The van der Waals surface area contributed by atoms with Gasteiger partial charge in [0.25, 0.3) is 5.91 Å². The van der Waals surface area contributed by atoms with E-state index in [1.807, 2.05) is 0 Å². The van der Waals surface area contributed by atoms with E-state index in [1.165, 1.54) is 13.4 Å². The van der Waals surface area contributed by atoms with Gasteiger partial charge < -0.3 is 19.8 Å². The van der Waals surface area contributed by atoms with Crippen LogP contribution in [0, 0.1) is 0 Å². The largest absolute Gasteiger partial charge is 0.497 e. The van der Waals surface area contributed by atoms with Crippen molar-refractivity contribution in [3.63, 3.8) is 0 Å². The number of halogens is 3. The Morgan fingerprint density at radius 2 is 2.07 bits per heavy atom. The van der Waals surface area contributed by atoms with Crippen molar-refractivity contribution < 1.29 is 27.1 Å². The van der Waals surface area contributed by atoms with E-state index in [1.54, 1.807) is 36.4 Å². The topological polar surface area (TPSA) is 81.3 Å². The van der Waals surface area contributed by atoms with Gasteiger partial charge in [-0.25, -0.2) is 4.68 Å². The Balaban J connectivity index is 1.64. The quantitative estimate of drug-likeness (QED) is 0.671. The molecule has 1 amide bonds. The molecule has 0 fully saturated rings. The first kappa shape index (κ1) is 18.9.